The van der Waals surface area contributed by atoms with Crippen LogP contribution in [-0.4, -0.2) is 21.0 Å². The molecule has 3 aliphatic rings. The Balaban J connectivity index is 0.000000242. The molecule has 5 rings (SSSR count). The fourth-order valence-electron chi connectivity index (χ4n) is 3.10. The zero-order chi connectivity index (χ0) is 25.3. The predicted octanol–water partition coefficient (Wildman–Crippen LogP) is 7.08. The summed E-state index contributed by atoms with van der Waals surface area (Å²) in [6.07, 6.45) is 8.59. The number of aryl methyl sites for hydroxylation is 2. The lowest BCUT2D eigenvalue weighted by Crippen LogP contribution is -2.07. The lowest BCUT2D eigenvalue weighted by atomic mass is 10.2. The van der Waals surface area contributed by atoms with Crippen LogP contribution in [0.1, 0.15) is 94.1 Å². The number of nitrogens with zero attached hydrogens (tertiary/aromatic N) is 1. The minimum absolute atomic E-state index is 0. The third kappa shape index (κ3) is 13.5. The first-order chi connectivity index (χ1) is 16.1. The van der Waals surface area contributed by atoms with E-state index in [0.29, 0.717) is 11.8 Å². The molecule has 35 heavy (non-hydrogen) atoms. The highest BCUT2D eigenvalue weighted by Gasteiger charge is 2.24. The highest BCUT2D eigenvalue weighted by Crippen LogP contribution is 2.39. The quantitative estimate of drug-likeness (QED) is 0.310. The fourth-order valence-corrected chi connectivity index (χ4v) is 3.41. The molecule has 2 aromatic rings. The van der Waals surface area contributed by atoms with E-state index >= 15 is 0 Å². The van der Waals surface area contributed by atoms with Crippen molar-refractivity contribution in [1.82, 2.24) is 9.97 Å². The summed E-state index contributed by atoms with van der Waals surface area (Å²) in [5.74, 6) is 0.981. The van der Waals surface area contributed by atoms with Gasteiger partial charge in [-0.05, 0) is 107 Å². The Morgan fingerprint density at radius 1 is 0.971 bits per heavy atom. The van der Waals surface area contributed by atoms with Crippen molar-refractivity contribution in [2.45, 2.75) is 85.5 Å². The molecule has 3 saturated carbocycles. The molecular formula is C28H39N3O3S. The molecule has 3 N–H and O–H groups in total. The zero-order valence-corrected chi connectivity index (χ0v) is 21.3. The van der Waals surface area contributed by atoms with Gasteiger partial charge in [0.25, 0.3) is 0 Å². The summed E-state index contributed by atoms with van der Waals surface area (Å²) in [5.41, 5.74) is 5.63. The van der Waals surface area contributed by atoms with Crippen LogP contribution in [0.25, 0.3) is 0 Å². The van der Waals surface area contributed by atoms with Crippen molar-refractivity contribution in [3.8, 4) is 6.07 Å². The van der Waals surface area contributed by atoms with Crippen molar-refractivity contribution in [1.29, 1.82) is 5.26 Å². The molecule has 0 radical (unpaired) electrons. The maximum Gasteiger partial charge on any atom is 0.328 e. The van der Waals surface area contributed by atoms with Crippen LogP contribution in [-0.2, 0) is 4.79 Å². The minimum Gasteiger partial charge on any atom is -0.478 e. The maximum atomic E-state index is 11.0. The van der Waals surface area contributed by atoms with Gasteiger partial charge in [-0.25, -0.2) is 4.79 Å². The van der Waals surface area contributed by atoms with Crippen molar-refractivity contribution in [3.63, 3.8) is 0 Å². The summed E-state index contributed by atoms with van der Waals surface area (Å²) in [4.78, 5) is 26.8. The minimum atomic E-state index is -0.875. The SMILES string of the molecule is C.CC(C)=CC(=O)O.Cc1cc(C2CC2)[nH]c(=O)c1.Cc1cc(C2CC2)[nH]c(=S)c1.N#CC1CC1. The van der Waals surface area contributed by atoms with Crippen LogP contribution in [0.2, 0.25) is 0 Å². The van der Waals surface area contributed by atoms with Crippen LogP contribution < -0.4 is 5.56 Å². The van der Waals surface area contributed by atoms with Gasteiger partial charge in [0.05, 0.1) is 6.07 Å². The van der Waals surface area contributed by atoms with Crippen molar-refractivity contribution >= 4 is 18.2 Å². The van der Waals surface area contributed by atoms with E-state index in [9.17, 15) is 9.59 Å². The van der Waals surface area contributed by atoms with Gasteiger partial charge in [0.2, 0.25) is 5.56 Å². The molecule has 0 aromatic carbocycles. The zero-order valence-electron chi connectivity index (χ0n) is 20.5. The van der Waals surface area contributed by atoms with Gasteiger partial charge < -0.3 is 15.1 Å². The standard InChI is InChI=1S/C9H11NO.C9H11NS.C5H8O2.C4H5N.CH4/c2*1-6-4-8(7-2-3-7)10-9(11)5-6;1-4(2)3-5(6)7;5-3-4-1-2-4;/h2*4-5,7H,2-3H2,1H3,(H,10,11);3H,1-2H3,(H,6,7);4H,1-2H2;1H4. The molecule has 0 amide bonds. The molecular weight excluding hydrogens is 458 g/mol. The molecule has 0 saturated heterocycles. The molecule has 0 spiro atoms. The molecule has 7 heteroatoms. The van der Waals surface area contributed by atoms with E-state index in [0.717, 1.165) is 40.2 Å². The number of nitrogens with one attached hydrogen (secondary N) is 2. The average Bonchev–Trinajstić information content (AvgIpc) is 3.61. The number of aliphatic carboxylic acids is 1. The van der Waals surface area contributed by atoms with Gasteiger partial charge in [-0.3, -0.25) is 4.79 Å². The number of carbonyl (C=O) groups is 1. The highest BCUT2D eigenvalue weighted by atomic mass is 32.1. The van der Waals surface area contributed by atoms with Gasteiger partial charge in [0.1, 0.15) is 4.64 Å². The first-order valence-corrected chi connectivity index (χ1v) is 12.2. The van der Waals surface area contributed by atoms with Crippen molar-refractivity contribution in [2.24, 2.45) is 5.92 Å². The summed E-state index contributed by atoms with van der Waals surface area (Å²) in [6.45, 7) is 7.54. The number of hydrogen-bond acceptors (Lipinski definition) is 4. The second-order valence-corrected chi connectivity index (χ2v) is 9.91. The Morgan fingerprint density at radius 3 is 1.74 bits per heavy atom. The third-order valence-corrected chi connectivity index (χ3v) is 5.45. The number of aromatic amines is 2. The van der Waals surface area contributed by atoms with Gasteiger partial charge in [0.15, 0.2) is 0 Å². The Morgan fingerprint density at radius 2 is 1.46 bits per heavy atom. The molecule has 2 heterocycles. The van der Waals surface area contributed by atoms with Gasteiger partial charge in [-0.1, -0.05) is 25.2 Å². The topological polar surface area (TPSA) is 110 Å². The highest BCUT2D eigenvalue weighted by molar-refractivity contribution is 7.71. The lowest BCUT2D eigenvalue weighted by molar-refractivity contribution is -0.131. The summed E-state index contributed by atoms with van der Waals surface area (Å²) in [6, 6.07) is 10.0. The van der Waals surface area contributed by atoms with E-state index in [1.807, 2.05) is 13.0 Å². The van der Waals surface area contributed by atoms with Gasteiger partial charge in [0, 0.05) is 29.4 Å². The van der Waals surface area contributed by atoms with Crippen molar-refractivity contribution in [2.75, 3.05) is 0 Å². The molecule has 0 aliphatic heterocycles. The second-order valence-electron chi connectivity index (χ2n) is 9.47. The molecule has 6 nitrogen and oxygen atoms in total. The molecule has 190 valence electrons. The second kappa shape index (κ2) is 14.4. The Hall–Kier alpha value is -2.98. The Kier molecular flexibility index (Phi) is 12.4. The number of pyridine rings is 2. The molecule has 3 aliphatic carbocycles. The monoisotopic (exact) mass is 497 g/mol. The maximum absolute atomic E-state index is 11.0. The third-order valence-electron chi connectivity index (χ3n) is 5.23. The smallest absolute Gasteiger partial charge is 0.328 e. The van der Waals surface area contributed by atoms with Gasteiger partial charge in [-0.15, -0.1) is 0 Å². The largest absolute Gasteiger partial charge is 0.478 e. The number of rotatable bonds is 3. The van der Waals surface area contributed by atoms with E-state index in [1.165, 1.54) is 43.0 Å². The average molecular weight is 498 g/mol. The van der Waals surface area contributed by atoms with E-state index in [2.05, 4.69) is 35.1 Å². The molecule has 0 unspecified atom stereocenters. The van der Waals surface area contributed by atoms with Crippen LogP contribution >= 0.6 is 12.2 Å². The number of hydrogen-bond donors (Lipinski definition) is 3. The number of carboxylic acid groups (broad SMARTS) is 1. The summed E-state index contributed by atoms with van der Waals surface area (Å²) < 4.78 is 0.868. The molecule has 0 atom stereocenters. The molecule has 0 bridgehead atoms. The van der Waals surface area contributed by atoms with Crippen LogP contribution in [0.4, 0.5) is 0 Å². The summed E-state index contributed by atoms with van der Waals surface area (Å²) >= 11 is 5.08. The number of allylic oxidation sites excluding steroid dienone is 1. The van der Waals surface area contributed by atoms with Gasteiger partial charge >= 0.3 is 5.97 Å². The first-order valence-electron chi connectivity index (χ1n) is 11.8. The van der Waals surface area contributed by atoms with Crippen molar-refractivity contribution in [3.05, 3.63) is 73.4 Å². The van der Waals surface area contributed by atoms with E-state index in [4.69, 9.17) is 22.6 Å². The van der Waals surface area contributed by atoms with Crippen LogP contribution in [0.5, 0.6) is 0 Å². The normalized spacial score (nSPS) is 15.2. The Bertz CT molecular complexity index is 1090. The predicted molar refractivity (Wildman–Crippen MR) is 144 cm³/mol. The van der Waals surface area contributed by atoms with Crippen molar-refractivity contribution < 1.29 is 9.90 Å². The van der Waals surface area contributed by atoms with Gasteiger partial charge in [-0.2, -0.15) is 5.26 Å². The fraction of sp³-hybridized carbons (Fsp3) is 0.500. The number of carboxylic acids is 1. The summed E-state index contributed by atoms with van der Waals surface area (Å²) in [7, 11) is 0. The number of aromatic nitrogens is 2. The number of nitriles is 1. The molecule has 2 aromatic heterocycles. The van der Waals surface area contributed by atoms with Crippen LogP contribution in [0.15, 0.2) is 40.7 Å². The van der Waals surface area contributed by atoms with E-state index in [-0.39, 0.29) is 13.0 Å². The van der Waals surface area contributed by atoms with Crippen LogP contribution in [0.3, 0.4) is 0 Å². The first kappa shape index (κ1) is 30.1. The summed E-state index contributed by atoms with van der Waals surface area (Å²) in [5, 5.41) is 16.0. The molecule has 3 fully saturated rings. The van der Waals surface area contributed by atoms with Crippen LogP contribution in [0, 0.1) is 35.7 Å². The lowest BCUT2D eigenvalue weighted by Gasteiger charge is -1.99. The number of H-pyrrole nitrogens is 2. The Labute approximate surface area is 214 Å². The van der Waals surface area contributed by atoms with E-state index in [1.54, 1.807) is 19.9 Å². The van der Waals surface area contributed by atoms with E-state index < -0.39 is 5.97 Å².